The molecule has 1 aromatic heterocycles. The van der Waals surface area contributed by atoms with Gasteiger partial charge in [0.1, 0.15) is 0 Å². The Morgan fingerprint density at radius 2 is 1.09 bits per heavy atom. The van der Waals surface area contributed by atoms with E-state index in [0.29, 0.717) is 5.39 Å². The van der Waals surface area contributed by atoms with Crippen LogP contribution >= 0.6 is 8.95 Å². The summed E-state index contributed by atoms with van der Waals surface area (Å²) < 4.78 is 5.92. The number of hydrogen-bond donors (Lipinski definition) is 0. The Morgan fingerprint density at radius 1 is 0.657 bits per heavy atom. The van der Waals surface area contributed by atoms with Crippen LogP contribution in [0, 0.1) is 0 Å². The SMILES string of the molecule is CC(C)(C)n1c([S][Sn]([c]2ccccc2)([c]2ccccc2)[c]2ccccc2)nc2ccccc2c1=O. The number of aromatic nitrogens is 2. The summed E-state index contributed by atoms with van der Waals surface area (Å²) in [7, 11) is 1.84. The molecule has 0 saturated heterocycles. The van der Waals surface area contributed by atoms with Gasteiger partial charge in [0.25, 0.3) is 0 Å². The van der Waals surface area contributed by atoms with Crippen LogP contribution in [0.25, 0.3) is 10.9 Å². The monoisotopic (exact) mass is 584 g/mol. The van der Waals surface area contributed by atoms with Crippen molar-refractivity contribution in [2.45, 2.75) is 31.5 Å². The van der Waals surface area contributed by atoms with Crippen LogP contribution in [0.4, 0.5) is 0 Å². The molecule has 0 amide bonds. The van der Waals surface area contributed by atoms with Crippen molar-refractivity contribution in [2.24, 2.45) is 0 Å². The Kier molecular flexibility index (Phi) is 6.60. The van der Waals surface area contributed by atoms with Crippen LogP contribution in [0.15, 0.2) is 125 Å². The van der Waals surface area contributed by atoms with E-state index in [0.717, 1.165) is 10.7 Å². The second-order valence-corrected chi connectivity index (χ2v) is 24.9. The molecule has 1 heterocycles. The summed E-state index contributed by atoms with van der Waals surface area (Å²) in [5.41, 5.74) is 0.341. The normalized spacial score (nSPS) is 12.1. The van der Waals surface area contributed by atoms with Crippen molar-refractivity contribution in [3.8, 4) is 0 Å². The van der Waals surface area contributed by atoms with Gasteiger partial charge in [-0.1, -0.05) is 0 Å². The number of rotatable bonds is 5. The van der Waals surface area contributed by atoms with Crippen molar-refractivity contribution < 1.29 is 0 Å². The van der Waals surface area contributed by atoms with Crippen LogP contribution in [0.1, 0.15) is 20.8 Å². The second-order valence-electron chi connectivity index (χ2n) is 9.60. The van der Waals surface area contributed by atoms with E-state index >= 15 is 0 Å². The molecule has 0 aliphatic heterocycles. The average molecular weight is 583 g/mol. The molecule has 0 aliphatic rings. The molecule has 4 aromatic carbocycles. The van der Waals surface area contributed by atoms with E-state index in [-0.39, 0.29) is 5.56 Å². The van der Waals surface area contributed by atoms with Gasteiger partial charge in [-0.3, -0.25) is 0 Å². The summed E-state index contributed by atoms with van der Waals surface area (Å²) in [4.78, 5) is 19.0. The number of benzene rings is 4. The summed E-state index contributed by atoms with van der Waals surface area (Å²) in [6.07, 6.45) is 0. The first-order valence-corrected chi connectivity index (χ1v) is 20.4. The van der Waals surface area contributed by atoms with Crippen molar-refractivity contribution >= 4 is 47.6 Å². The molecule has 3 nitrogen and oxygen atoms in total. The van der Waals surface area contributed by atoms with E-state index in [1.165, 1.54) is 10.7 Å². The molecule has 5 aromatic rings. The van der Waals surface area contributed by atoms with E-state index in [4.69, 9.17) is 4.98 Å². The minimum atomic E-state index is -3.75. The van der Waals surface area contributed by atoms with Crippen LogP contribution in [0.2, 0.25) is 0 Å². The van der Waals surface area contributed by atoms with Crippen LogP contribution < -0.4 is 16.3 Å². The summed E-state index contributed by atoms with van der Waals surface area (Å²) >= 11 is -3.75. The number of hydrogen-bond acceptors (Lipinski definition) is 3. The third kappa shape index (κ3) is 4.45. The molecule has 0 unspecified atom stereocenters. The molecule has 0 aliphatic carbocycles. The molecule has 0 saturated carbocycles. The van der Waals surface area contributed by atoms with Crippen LogP contribution in [-0.4, -0.2) is 26.5 Å². The first kappa shape index (κ1) is 23.9. The van der Waals surface area contributed by atoms with Crippen molar-refractivity contribution in [1.29, 1.82) is 0 Å². The minimum absolute atomic E-state index is 0.0139. The average Bonchev–Trinajstić information content (AvgIpc) is 2.88. The predicted octanol–water partition coefficient (Wildman–Crippen LogP) is 4.91. The van der Waals surface area contributed by atoms with E-state index in [9.17, 15) is 4.79 Å². The van der Waals surface area contributed by atoms with Gasteiger partial charge in [-0.05, 0) is 0 Å². The van der Waals surface area contributed by atoms with Gasteiger partial charge >= 0.3 is 214 Å². The molecule has 0 atom stereocenters. The van der Waals surface area contributed by atoms with E-state index < -0.39 is 22.5 Å². The molecular formula is C30H28N2OSSn. The first-order chi connectivity index (χ1) is 16.9. The van der Waals surface area contributed by atoms with Crippen molar-refractivity contribution in [3.05, 3.63) is 126 Å². The Morgan fingerprint density at radius 3 is 1.54 bits per heavy atom. The van der Waals surface area contributed by atoms with Gasteiger partial charge in [-0.2, -0.15) is 0 Å². The first-order valence-electron chi connectivity index (χ1n) is 11.8. The number of para-hydroxylation sites is 1. The zero-order valence-electron chi connectivity index (χ0n) is 20.2. The Balaban J connectivity index is 1.88. The standard InChI is InChI=1S/C12H14N2OS.3C6H5.Sn/c1-12(2,3)14-10(15)8-6-4-5-7-9(8)13-11(14)16;3*1-2-4-6-5-3-1;/h4-7H,1-3H3,(H,13,16);3*1-5H;/q;;;;+1/p-1. The van der Waals surface area contributed by atoms with Crippen molar-refractivity contribution in [3.63, 3.8) is 0 Å². The summed E-state index contributed by atoms with van der Waals surface area (Å²) in [6.45, 7) is 6.25. The zero-order chi connectivity index (χ0) is 24.5. The van der Waals surface area contributed by atoms with Crippen LogP contribution in [0.3, 0.4) is 0 Å². The summed E-state index contributed by atoms with van der Waals surface area (Å²) in [5, 5.41) is 1.44. The van der Waals surface area contributed by atoms with E-state index in [1.54, 1.807) is 0 Å². The van der Waals surface area contributed by atoms with Gasteiger partial charge in [0.15, 0.2) is 0 Å². The summed E-state index contributed by atoms with van der Waals surface area (Å²) in [6, 6.07) is 40.2. The van der Waals surface area contributed by atoms with Gasteiger partial charge < -0.3 is 0 Å². The zero-order valence-corrected chi connectivity index (χ0v) is 23.9. The van der Waals surface area contributed by atoms with Gasteiger partial charge in [0.05, 0.1) is 0 Å². The molecule has 5 rings (SSSR count). The van der Waals surface area contributed by atoms with Gasteiger partial charge in [0.2, 0.25) is 0 Å². The number of nitrogens with zero attached hydrogens (tertiary/aromatic N) is 2. The topological polar surface area (TPSA) is 34.9 Å². The third-order valence-corrected chi connectivity index (χ3v) is 25.7. The van der Waals surface area contributed by atoms with Crippen molar-refractivity contribution in [2.75, 3.05) is 0 Å². The van der Waals surface area contributed by atoms with Gasteiger partial charge in [0, 0.05) is 0 Å². The molecule has 0 radical (unpaired) electrons. The Labute approximate surface area is 213 Å². The Hall–Kier alpha value is -2.83. The van der Waals surface area contributed by atoms with Gasteiger partial charge in [-0.15, -0.1) is 0 Å². The Bertz CT molecular complexity index is 1410. The number of fused-ring (bicyclic) bond motifs is 1. The fourth-order valence-electron chi connectivity index (χ4n) is 4.60. The second kappa shape index (κ2) is 9.67. The van der Waals surface area contributed by atoms with Gasteiger partial charge in [-0.25, -0.2) is 0 Å². The molecule has 0 spiro atoms. The van der Waals surface area contributed by atoms with Crippen LogP contribution in [-0.2, 0) is 5.54 Å². The molecule has 174 valence electrons. The molecule has 35 heavy (non-hydrogen) atoms. The maximum absolute atomic E-state index is 13.8. The molecule has 0 N–H and O–H groups in total. The van der Waals surface area contributed by atoms with Crippen molar-refractivity contribution in [1.82, 2.24) is 9.55 Å². The fourth-order valence-corrected chi connectivity index (χ4v) is 23.6. The quantitative estimate of drug-likeness (QED) is 0.218. The van der Waals surface area contributed by atoms with Crippen LogP contribution in [0.5, 0.6) is 0 Å². The molecule has 0 fully saturated rings. The fraction of sp³-hybridized carbons (Fsp3) is 0.133. The maximum atomic E-state index is 13.8. The summed E-state index contributed by atoms with van der Waals surface area (Å²) in [5.74, 6) is 0. The molecular weight excluding hydrogens is 555 g/mol. The van der Waals surface area contributed by atoms with E-state index in [2.05, 4.69) is 112 Å². The third-order valence-electron chi connectivity index (χ3n) is 6.20. The molecule has 0 bridgehead atoms. The predicted molar refractivity (Wildman–Crippen MR) is 151 cm³/mol. The van der Waals surface area contributed by atoms with E-state index in [1.807, 2.05) is 37.8 Å². The molecule has 5 heteroatoms.